The Labute approximate surface area is 95.2 Å². The lowest BCUT2D eigenvalue weighted by Crippen LogP contribution is -2.31. The molecule has 2 rings (SSSR count). The summed E-state index contributed by atoms with van der Waals surface area (Å²) in [5, 5.41) is 0. The van der Waals surface area contributed by atoms with Crippen molar-refractivity contribution in [3.8, 4) is 0 Å². The summed E-state index contributed by atoms with van der Waals surface area (Å²) in [5.74, 6) is 0.244. The summed E-state index contributed by atoms with van der Waals surface area (Å²) in [6.45, 7) is 2.49. The Balaban J connectivity index is 1.96. The number of hydrogen-bond donors (Lipinski definition) is 0. The van der Waals surface area contributed by atoms with Crippen molar-refractivity contribution in [3.05, 3.63) is 24.3 Å². The van der Waals surface area contributed by atoms with Crippen LogP contribution in [-0.2, 0) is 4.74 Å². The topological polar surface area (TPSA) is 25.4 Å². The zero-order valence-corrected chi connectivity index (χ0v) is 9.53. The highest BCUT2D eigenvalue weighted by Crippen LogP contribution is 2.20. The maximum Gasteiger partial charge on any atom is 0.164 e. The third-order valence-electron chi connectivity index (χ3n) is 2.95. The molecule has 88 valence electrons. The fourth-order valence-corrected chi connectivity index (χ4v) is 2.11. The molecule has 1 aromatic heterocycles. The van der Waals surface area contributed by atoms with Crippen molar-refractivity contribution in [2.24, 2.45) is 5.92 Å². The Hall–Kier alpha value is -1.16. The van der Waals surface area contributed by atoms with E-state index in [0.717, 1.165) is 32.6 Å². The Kier molecular flexibility index (Phi) is 3.72. The van der Waals surface area contributed by atoms with E-state index in [2.05, 4.69) is 4.98 Å². The minimum atomic E-state index is -0.262. The first-order valence-corrected chi connectivity index (χ1v) is 5.66. The van der Waals surface area contributed by atoms with Gasteiger partial charge in [0.25, 0.3) is 0 Å². The Morgan fingerprint density at radius 1 is 1.62 bits per heavy atom. The molecule has 1 aromatic rings. The summed E-state index contributed by atoms with van der Waals surface area (Å²) >= 11 is 0. The van der Waals surface area contributed by atoms with E-state index in [1.54, 1.807) is 12.3 Å². The van der Waals surface area contributed by atoms with Crippen molar-refractivity contribution in [1.29, 1.82) is 0 Å². The molecule has 4 heteroatoms. The van der Waals surface area contributed by atoms with Crippen LogP contribution in [0.25, 0.3) is 0 Å². The minimum Gasteiger partial charge on any atom is -0.381 e. The quantitative estimate of drug-likeness (QED) is 0.786. The summed E-state index contributed by atoms with van der Waals surface area (Å²) in [7, 11) is 1.91. The Bertz CT molecular complexity index is 340. The summed E-state index contributed by atoms with van der Waals surface area (Å²) in [4.78, 5) is 5.69. The smallest absolute Gasteiger partial charge is 0.164 e. The van der Waals surface area contributed by atoms with Gasteiger partial charge in [-0.2, -0.15) is 0 Å². The number of nitrogens with zero attached hydrogens (tertiary/aromatic N) is 2. The molecule has 0 aromatic carbocycles. The first-order chi connectivity index (χ1) is 7.77. The number of anilines is 1. The Morgan fingerprint density at radius 3 is 3.19 bits per heavy atom. The summed E-state index contributed by atoms with van der Waals surface area (Å²) in [6, 6.07) is 1.71. The normalized spacial score (nSPS) is 20.8. The number of pyridine rings is 1. The highest BCUT2D eigenvalue weighted by molar-refractivity contribution is 5.45. The van der Waals surface area contributed by atoms with E-state index in [-0.39, 0.29) is 5.82 Å². The third-order valence-corrected chi connectivity index (χ3v) is 2.95. The fraction of sp³-hybridized carbons (Fsp3) is 0.583. The number of aromatic nitrogens is 1. The fourth-order valence-electron chi connectivity index (χ4n) is 2.11. The average Bonchev–Trinajstić information content (AvgIpc) is 2.31. The second-order valence-electron chi connectivity index (χ2n) is 4.29. The van der Waals surface area contributed by atoms with E-state index in [4.69, 9.17) is 4.74 Å². The number of halogens is 1. The van der Waals surface area contributed by atoms with E-state index >= 15 is 0 Å². The van der Waals surface area contributed by atoms with E-state index in [1.807, 2.05) is 11.9 Å². The predicted octanol–water partition coefficient (Wildman–Crippen LogP) is 2.08. The molecule has 16 heavy (non-hydrogen) atoms. The van der Waals surface area contributed by atoms with Gasteiger partial charge in [-0.1, -0.05) is 0 Å². The lowest BCUT2D eigenvalue weighted by atomic mass is 10.0. The first-order valence-electron chi connectivity index (χ1n) is 5.66. The number of rotatable bonds is 3. The van der Waals surface area contributed by atoms with E-state index < -0.39 is 0 Å². The van der Waals surface area contributed by atoms with Crippen molar-refractivity contribution in [2.45, 2.75) is 12.8 Å². The van der Waals surface area contributed by atoms with Gasteiger partial charge in [0, 0.05) is 26.4 Å². The Morgan fingerprint density at radius 2 is 2.50 bits per heavy atom. The number of hydrogen-bond acceptors (Lipinski definition) is 3. The average molecular weight is 224 g/mol. The van der Waals surface area contributed by atoms with E-state index in [0.29, 0.717) is 11.6 Å². The molecule has 2 heterocycles. The van der Waals surface area contributed by atoms with Gasteiger partial charge in [0.05, 0.1) is 18.5 Å². The largest absolute Gasteiger partial charge is 0.381 e. The predicted molar refractivity (Wildman–Crippen MR) is 61.0 cm³/mol. The maximum atomic E-state index is 13.5. The molecule has 0 aliphatic carbocycles. The molecule has 1 aliphatic heterocycles. The molecule has 1 atom stereocenters. The van der Waals surface area contributed by atoms with Crippen LogP contribution in [0.5, 0.6) is 0 Å². The number of ether oxygens (including phenoxy) is 1. The maximum absolute atomic E-state index is 13.5. The lowest BCUT2D eigenvalue weighted by molar-refractivity contribution is 0.0576. The highest BCUT2D eigenvalue weighted by atomic mass is 19.1. The summed E-state index contributed by atoms with van der Waals surface area (Å²) in [6.07, 6.45) is 5.14. The third kappa shape index (κ3) is 2.70. The van der Waals surface area contributed by atoms with Gasteiger partial charge in [-0.25, -0.2) is 4.39 Å². The van der Waals surface area contributed by atoms with Gasteiger partial charge in [-0.15, -0.1) is 0 Å². The van der Waals surface area contributed by atoms with Crippen LogP contribution in [0.2, 0.25) is 0 Å². The zero-order chi connectivity index (χ0) is 11.4. The van der Waals surface area contributed by atoms with Crippen LogP contribution in [-0.4, -0.2) is 31.8 Å². The van der Waals surface area contributed by atoms with Crippen molar-refractivity contribution in [3.63, 3.8) is 0 Å². The van der Waals surface area contributed by atoms with Gasteiger partial charge < -0.3 is 9.64 Å². The molecule has 0 amide bonds. The van der Waals surface area contributed by atoms with Gasteiger partial charge in [-0.05, 0) is 24.8 Å². The van der Waals surface area contributed by atoms with Gasteiger partial charge in [-0.3, -0.25) is 4.98 Å². The minimum absolute atomic E-state index is 0.262. The first kappa shape index (κ1) is 11.3. The van der Waals surface area contributed by atoms with Gasteiger partial charge in [0.2, 0.25) is 0 Å². The summed E-state index contributed by atoms with van der Waals surface area (Å²) < 4.78 is 18.9. The van der Waals surface area contributed by atoms with Crippen LogP contribution in [0.1, 0.15) is 12.8 Å². The van der Waals surface area contributed by atoms with Crippen LogP contribution < -0.4 is 4.90 Å². The van der Waals surface area contributed by atoms with Crippen LogP contribution >= 0.6 is 0 Å². The summed E-state index contributed by atoms with van der Waals surface area (Å²) in [5.41, 5.74) is 0.612. The molecular weight excluding hydrogens is 207 g/mol. The van der Waals surface area contributed by atoms with E-state index in [9.17, 15) is 4.39 Å². The molecule has 1 saturated heterocycles. The molecule has 0 spiro atoms. The standard InChI is InChI=1S/C12H17FN2O/c1-15(8-10-3-2-6-16-9-10)12-4-5-14-7-11(12)13/h4-5,7,10H,2-3,6,8-9H2,1H3. The van der Waals surface area contributed by atoms with E-state index in [1.165, 1.54) is 6.20 Å². The molecule has 0 radical (unpaired) electrons. The van der Waals surface area contributed by atoms with Crippen LogP contribution in [0, 0.1) is 11.7 Å². The van der Waals surface area contributed by atoms with Crippen molar-refractivity contribution < 1.29 is 9.13 Å². The molecule has 1 unspecified atom stereocenters. The van der Waals surface area contributed by atoms with Gasteiger partial charge in [0.15, 0.2) is 5.82 Å². The van der Waals surface area contributed by atoms with Gasteiger partial charge in [0.1, 0.15) is 0 Å². The molecule has 3 nitrogen and oxygen atoms in total. The van der Waals surface area contributed by atoms with Gasteiger partial charge >= 0.3 is 0 Å². The van der Waals surface area contributed by atoms with Crippen LogP contribution in [0.15, 0.2) is 18.5 Å². The van der Waals surface area contributed by atoms with Crippen molar-refractivity contribution in [1.82, 2.24) is 4.98 Å². The zero-order valence-electron chi connectivity index (χ0n) is 9.53. The van der Waals surface area contributed by atoms with Crippen molar-refractivity contribution in [2.75, 3.05) is 31.7 Å². The molecule has 1 fully saturated rings. The highest BCUT2D eigenvalue weighted by Gasteiger charge is 2.17. The van der Waals surface area contributed by atoms with Crippen LogP contribution in [0.3, 0.4) is 0 Å². The molecule has 0 N–H and O–H groups in total. The molecule has 0 saturated carbocycles. The monoisotopic (exact) mass is 224 g/mol. The second kappa shape index (κ2) is 5.25. The molecular formula is C12H17FN2O. The lowest BCUT2D eigenvalue weighted by Gasteiger charge is -2.28. The molecule has 0 bridgehead atoms. The van der Waals surface area contributed by atoms with Crippen molar-refractivity contribution >= 4 is 5.69 Å². The van der Waals surface area contributed by atoms with Crippen LogP contribution in [0.4, 0.5) is 10.1 Å². The SMILES string of the molecule is CN(CC1CCCOC1)c1ccncc1F. The second-order valence-corrected chi connectivity index (χ2v) is 4.29. The molecule has 1 aliphatic rings.